The van der Waals surface area contributed by atoms with Gasteiger partial charge in [0.05, 0.1) is 0 Å². The Hall–Kier alpha value is -1.83. The zero-order valence-corrected chi connectivity index (χ0v) is 8.03. The van der Waals surface area contributed by atoms with Crippen molar-refractivity contribution in [1.82, 2.24) is 14.9 Å². The molecule has 0 unspecified atom stereocenters. The van der Waals surface area contributed by atoms with E-state index in [1.807, 2.05) is 6.07 Å². The van der Waals surface area contributed by atoms with Gasteiger partial charge in [-0.3, -0.25) is 4.79 Å². The van der Waals surface area contributed by atoms with Gasteiger partial charge in [-0.15, -0.1) is 0 Å². The van der Waals surface area contributed by atoms with Crippen LogP contribution in [0.15, 0.2) is 12.4 Å². The average Bonchev–Trinajstić information content (AvgIpc) is 2.65. The molecule has 0 aromatic carbocycles. The molecule has 1 N–H and O–H groups in total. The van der Waals surface area contributed by atoms with Gasteiger partial charge < -0.3 is 9.88 Å². The van der Waals surface area contributed by atoms with Crippen molar-refractivity contribution in [2.24, 2.45) is 0 Å². The number of carbonyl (C=O) groups is 1. The Labute approximate surface area is 82.4 Å². The third-order valence-electron chi connectivity index (χ3n) is 1.90. The molecule has 0 aliphatic rings. The van der Waals surface area contributed by atoms with Crippen LogP contribution >= 0.6 is 0 Å². The van der Waals surface area contributed by atoms with Gasteiger partial charge in [-0.1, -0.05) is 0 Å². The molecule has 5 heteroatoms. The molecular formula is C9H12N4O. The standard InChI is InChI=1S/C9H12N4O/c1-11-9(14)3-2-5-13-6-4-12-8(13)7-10/h4,6H,2-3,5H2,1H3,(H,11,14). The summed E-state index contributed by atoms with van der Waals surface area (Å²) in [4.78, 5) is 14.7. The van der Waals surface area contributed by atoms with Crippen LogP contribution in [0.5, 0.6) is 0 Å². The molecule has 0 saturated heterocycles. The van der Waals surface area contributed by atoms with E-state index in [2.05, 4.69) is 10.3 Å². The molecule has 0 bridgehead atoms. The highest BCUT2D eigenvalue weighted by Crippen LogP contribution is 1.99. The second-order valence-corrected chi connectivity index (χ2v) is 2.83. The number of aromatic nitrogens is 2. The largest absolute Gasteiger partial charge is 0.359 e. The lowest BCUT2D eigenvalue weighted by atomic mass is 10.3. The molecule has 0 saturated carbocycles. The Kier molecular flexibility index (Phi) is 3.68. The maximum atomic E-state index is 10.9. The van der Waals surface area contributed by atoms with Crippen molar-refractivity contribution < 1.29 is 4.79 Å². The van der Waals surface area contributed by atoms with Gasteiger partial charge in [-0.2, -0.15) is 5.26 Å². The van der Waals surface area contributed by atoms with Crippen LogP contribution in [-0.2, 0) is 11.3 Å². The lowest BCUT2D eigenvalue weighted by Gasteiger charge is -2.02. The van der Waals surface area contributed by atoms with E-state index in [1.54, 1.807) is 24.0 Å². The summed E-state index contributed by atoms with van der Waals surface area (Å²) in [7, 11) is 1.61. The van der Waals surface area contributed by atoms with Crippen molar-refractivity contribution in [3.05, 3.63) is 18.2 Å². The number of aryl methyl sites for hydroxylation is 1. The molecule has 1 rings (SSSR count). The first-order chi connectivity index (χ1) is 6.77. The predicted molar refractivity (Wildman–Crippen MR) is 50.2 cm³/mol. The van der Waals surface area contributed by atoms with Crippen molar-refractivity contribution in [2.45, 2.75) is 19.4 Å². The summed E-state index contributed by atoms with van der Waals surface area (Å²) in [5, 5.41) is 11.2. The summed E-state index contributed by atoms with van der Waals surface area (Å²) in [6, 6.07) is 1.98. The Balaban J connectivity index is 2.39. The zero-order valence-electron chi connectivity index (χ0n) is 8.03. The van der Waals surface area contributed by atoms with E-state index < -0.39 is 0 Å². The van der Waals surface area contributed by atoms with Gasteiger partial charge in [0.15, 0.2) is 0 Å². The third-order valence-corrected chi connectivity index (χ3v) is 1.90. The van der Waals surface area contributed by atoms with Gasteiger partial charge in [-0.25, -0.2) is 4.98 Å². The van der Waals surface area contributed by atoms with Gasteiger partial charge in [-0.05, 0) is 6.42 Å². The third kappa shape index (κ3) is 2.59. The highest BCUT2D eigenvalue weighted by Gasteiger charge is 2.02. The summed E-state index contributed by atoms with van der Waals surface area (Å²) < 4.78 is 1.74. The number of amides is 1. The molecular weight excluding hydrogens is 180 g/mol. The van der Waals surface area contributed by atoms with Crippen molar-refractivity contribution in [2.75, 3.05) is 7.05 Å². The molecule has 0 aliphatic heterocycles. The maximum absolute atomic E-state index is 10.9. The normalized spacial score (nSPS) is 9.43. The van der Waals surface area contributed by atoms with Crippen LogP contribution in [0.1, 0.15) is 18.7 Å². The van der Waals surface area contributed by atoms with E-state index >= 15 is 0 Å². The minimum atomic E-state index is 0.0172. The fourth-order valence-electron chi connectivity index (χ4n) is 1.14. The highest BCUT2D eigenvalue weighted by molar-refractivity contribution is 5.75. The zero-order chi connectivity index (χ0) is 10.4. The van der Waals surface area contributed by atoms with Crippen LogP contribution in [0.2, 0.25) is 0 Å². The van der Waals surface area contributed by atoms with Gasteiger partial charge in [0.25, 0.3) is 0 Å². The smallest absolute Gasteiger partial charge is 0.219 e. The fourth-order valence-corrected chi connectivity index (χ4v) is 1.14. The topological polar surface area (TPSA) is 70.7 Å². The molecule has 1 heterocycles. The van der Waals surface area contributed by atoms with E-state index in [1.165, 1.54) is 0 Å². The van der Waals surface area contributed by atoms with Crippen LogP contribution in [0.25, 0.3) is 0 Å². The minimum Gasteiger partial charge on any atom is -0.359 e. The quantitative estimate of drug-likeness (QED) is 0.744. The Morgan fingerprint density at radius 1 is 1.79 bits per heavy atom. The lowest BCUT2D eigenvalue weighted by molar-refractivity contribution is -0.120. The number of imidazole rings is 1. The average molecular weight is 192 g/mol. The number of nitrogens with one attached hydrogen (secondary N) is 1. The molecule has 0 spiro atoms. The molecule has 5 nitrogen and oxygen atoms in total. The van der Waals surface area contributed by atoms with E-state index in [4.69, 9.17) is 5.26 Å². The fraction of sp³-hybridized carbons (Fsp3) is 0.444. The Morgan fingerprint density at radius 3 is 3.21 bits per heavy atom. The minimum absolute atomic E-state index is 0.0172. The summed E-state index contributed by atoms with van der Waals surface area (Å²) in [6.07, 6.45) is 4.51. The molecule has 14 heavy (non-hydrogen) atoms. The van der Waals surface area contributed by atoms with E-state index in [-0.39, 0.29) is 5.91 Å². The van der Waals surface area contributed by atoms with Crippen molar-refractivity contribution >= 4 is 5.91 Å². The van der Waals surface area contributed by atoms with Crippen LogP contribution < -0.4 is 5.32 Å². The second-order valence-electron chi connectivity index (χ2n) is 2.83. The molecule has 74 valence electrons. The van der Waals surface area contributed by atoms with Gasteiger partial charge in [0.1, 0.15) is 6.07 Å². The number of rotatable bonds is 4. The molecule has 0 aliphatic carbocycles. The highest BCUT2D eigenvalue weighted by atomic mass is 16.1. The first kappa shape index (κ1) is 10.3. The van der Waals surface area contributed by atoms with Crippen LogP contribution in [0.3, 0.4) is 0 Å². The van der Waals surface area contributed by atoms with Crippen LogP contribution in [0.4, 0.5) is 0 Å². The predicted octanol–water partition coefficient (Wildman–Crippen LogP) is 0.281. The summed E-state index contributed by atoms with van der Waals surface area (Å²) in [5.74, 6) is 0.408. The van der Waals surface area contributed by atoms with Gasteiger partial charge >= 0.3 is 0 Å². The van der Waals surface area contributed by atoms with E-state index in [0.717, 1.165) is 0 Å². The number of carbonyl (C=O) groups excluding carboxylic acids is 1. The molecule has 1 aromatic rings. The summed E-state index contributed by atoms with van der Waals surface area (Å²) >= 11 is 0. The van der Waals surface area contributed by atoms with E-state index in [0.29, 0.717) is 25.2 Å². The molecule has 0 atom stereocenters. The molecule has 0 radical (unpaired) electrons. The molecule has 0 fully saturated rings. The van der Waals surface area contributed by atoms with E-state index in [9.17, 15) is 4.79 Å². The van der Waals surface area contributed by atoms with Crippen molar-refractivity contribution in [1.29, 1.82) is 5.26 Å². The van der Waals surface area contributed by atoms with Crippen LogP contribution in [0, 0.1) is 11.3 Å². The Bertz CT molecular complexity index is 350. The monoisotopic (exact) mass is 192 g/mol. The maximum Gasteiger partial charge on any atom is 0.219 e. The summed E-state index contributed by atoms with van der Waals surface area (Å²) in [5.41, 5.74) is 0. The SMILES string of the molecule is CNC(=O)CCCn1ccnc1C#N. The Morgan fingerprint density at radius 2 is 2.57 bits per heavy atom. The van der Waals surface area contributed by atoms with Crippen LogP contribution in [-0.4, -0.2) is 22.5 Å². The molecule has 1 aromatic heterocycles. The second kappa shape index (κ2) is 5.02. The van der Waals surface area contributed by atoms with Gasteiger partial charge in [0, 0.05) is 32.4 Å². The number of hydrogen-bond donors (Lipinski definition) is 1. The first-order valence-corrected chi connectivity index (χ1v) is 4.39. The van der Waals surface area contributed by atoms with Crippen molar-refractivity contribution in [3.8, 4) is 6.07 Å². The lowest BCUT2D eigenvalue weighted by Crippen LogP contribution is -2.17. The number of nitrogens with zero attached hydrogens (tertiary/aromatic N) is 3. The number of nitriles is 1. The van der Waals surface area contributed by atoms with Gasteiger partial charge in [0.2, 0.25) is 11.7 Å². The molecule has 1 amide bonds. The van der Waals surface area contributed by atoms with Crippen molar-refractivity contribution in [3.63, 3.8) is 0 Å². The summed E-state index contributed by atoms with van der Waals surface area (Å²) in [6.45, 7) is 0.649. The first-order valence-electron chi connectivity index (χ1n) is 4.39. The number of hydrogen-bond acceptors (Lipinski definition) is 3.